The number of hydrogen-bond acceptors (Lipinski definition) is 5. The van der Waals surface area contributed by atoms with Crippen LogP contribution in [0.5, 0.6) is 0 Å². The normalized spacial score (nSPS) is 15.6. The number of rotatable bonds is 6. The van der Waals surface area contributed by atoms with Crippen molar-refractivity contribution in [3.05, 3.63) is 28.7 Å². The highest BCUT2D eigenvalue weighted by Crippen LogP contribution is 2.24. The highest BCUT2D eigenvalue weighted by Gasteiger charge is 2.21. The van der Waals surface area contributed by atoms with Crippen molar-refractivity contribution in [2.24, 2.45) is 0 Å². The van der Waals surface area contributed by atoms with Crippen LogP contribution in [0.4, 0.5) is 5.69 Å². The smallest absolute Gasteiger partial charge is 0.262 e. The monoisotopic (exact) mass is 298 g/mol. The maximum atomic E-state index is 12.1. The molecule has 0 atom stereocenters. The SMILES string of the molecule is O=S(=O)(Nc1cn[nH]c1)c1csc(CNC2CC2)c1. The molecule has 3 N–H and O–H groups in total. The van der Waals surface area contributed by atoms with Crippen molar-refractivity contribution in [1.82, 2.24) is 15.5 Å². The summed E-state index contributed by atoms with van der Waals surface area (Å²) in [5.41, 5.74) is 0.434. The number of aromatic amines is 1. The number of sulfonamides is 1. The third-order valence-electron chi connectivity index (χ3n) is 2.83. The summed E-state index contributed by atoms with van der Waals surface area (Å²) in [4.78, 5) is 1.32. The predicted molar refractivity (Wildman–Crippen MR) is 73.6 cm³/mol. The molecule has 0 bridgehead atoms. The first kappa shape index (κ1) is 12.6. The van der Waals surface area contributed by atoms with Gasteiger partial charge in [-0.3, -0.25) is 9.82 Å². The zero-order valence-electron chi connectivity index (χ0n) is 10.1. The van der Waals surface area contributed by atoms with Gasteiger partial charge in [0.05, 0.1) is 16.8 Å². The largest absolute Gasteiger partial charge is 0.309 e. The summed E-state index contributed by atoms with van der Waals surface area (Å²) in [6.07, 6.45) is 5.37. The molecule has 1 aliphatic carbocycles. The van der Waals surface area contributed by atoms with Gasteiger partial charge in [-0.05, 0) is 18.9 Å². The molecular formula is C11H14N4O2S2. The fourth-order valence-corrected chi connectivity index (χ4v) is 3.91. The van der Waals surface area contributed by atoms with Gasteiger partial charge >= 0.3 is 0 Å². The Morgan fingerprint density at radius 3 is 3.00 bits per heavy atom. The average molecular weight is 298 g/mol. The second-order valence-electron chi connectivity index (χ2n) is 4.50. The van der Waals surface area contributed by atoms with Crippen LogP contribution in [0.3, 0.4) is 0 Å². The van der Waals surface area contributed by atoms with Crippen molar-refractivity contribution in [1.29, 1.82) is 0 Å². The molecule has 2 aromatic rings. The van der Waals surface area contributed by atoms with E-state index in [0.717, 1.165) is 11.4 Å². The second-order valence-corrected chi connectivity index (χ2v) is 7.17. The van der Waals surface area contributed by atoms with Crippen LogP contribution in [0.2, 0.25) is 0 Å². The minimum absolute atomic E-state index is 0.297. The topological polar surface area (TPSA) is 86.9 Å². The van der Waals surface area contributed by atoms with Crippen molar-refractivity contribution < 1.29 is 8.42 Å². The van der Waals surface area contributed by atoms with Crippen LogP contribution in [0.15, 0.2) is 28.7 Å². The Labute approximate surface area is 115 Å². The molecular weight excluding hydrogens is 284 g/mol. The highest BCUT2D eigenvalue weighted by molar-refractivity contribution is 7.92. The van der Waals surface area contributed by atoms with E-state index >= 15 is 0 Å². The van der Waals surface area contributed by atoms with E-state index < -0.39 is 10.0 Å². The Kier molecular flexibility index (Phi) is 3.29. The average Bonchev–Trinajstić information content (AvgIpc) is 2.87. The van der Waals surface area contributed by atoms with Crippen LogP contribution in [0, 0.1) is 0 Å². The van der Waals surface area contributed by atoms with Gasteiger partial charge in [0.2, 0.25) is 0 Å². The van der Waals surface area contributed by atoms with Gasteiger partial charge in [-0.2, -0.15) is 5.10 Å². The number of anilines is 1. The molecule has 2 aromatic heterocycles. The molecule has 2 heterocycles. The maximum absolute atomic E-state index is 12.1. The summed E-state index contributed by atoms with van der Waals surface area (Å²) in [7, 11) is -3.51. The van der Waals surface area contributed by atoms with Gasteiger partial charge in [-0.15, -0.1) is 11.3 Å². The molecule has 0 saturated heterocycles. The highest BCUT2D eigenvalue weighted by atomic mass is 32.2. The number of nitrogens with one attached hydrogen (secondary N) is 3. The first-order chi connectivity index (χ1) is 9.13. The predicted octanol–water partition coefficient (Wildman–Crippen LogP) is 1.52. The minimum Gasteiger partial charge on any atom is -0.309 e. The lowest BCUT2D eigenvalue weighted by Gasteiger charge is -2.02. The number of thiophene rings is 1. The maximum Gasteiger partial charge on any atom is 0.262 e. The summed E-state index contributed by atoms with van der Waals surface area (Å²) in [5.74, 6) is 0. The lowest BCUT2D eigenvalue weighted by atomic mass is 10.4. The molecule has 1 saturated carbocycles. The van der Waals surface area contributed by atoms with E-state index in [1.54, 1.807) is 11.4 Å². The van der Waals surface area contributed by atoms with E-state index in [-0.39, 0.29) is 0 Å². The van der Waals surface area contributed by atoms with Gasteiger partial charge in [0, 0.05) is 29.0 Å². The van der Waals surface area contributed by atoms with Crippen LogP contribution in [-0.4, -0.2) is 24.7 Å². The summed E-state index contributed by atoms with van der Waals surface area (Å²) < 4.78 is 26.7. The van der Waals surface area contributed by atoms with Crippen molar-refractivity contribution in [3.8, 4) is 0 Å². The molecule has 8 heteroatoms. The lowest BCUT2D eigenvalue weighted by molar-refractivity contribution is 0.601. The zero-order valence-corrected chi connectivity index (χ0v) is 11.7. The molecule has 0 aliphatic heterocycles. The van der Waals surface area contributed by atoms with Gasteiger partial charge in [-0.1, -0.05) is 0 Å². The number of hydrogen-bond donors (Lipinski definition) is 3. The number of nitrogens with zero attached hydrogens (tertiary/aromatic N) is 1. The van der Waals surface area contributed by atoms with Crippen molar-refractivity contribution in [2.45, 2.75) is 30.3 Å². The lowest BCUT2D eigenvalue weighted by Crippen LogP contribution is -2.14. The Bertz CT molecular complexity index is 644. The van der Waals surface area contributed by atoms with Crippen LogP contribution in [-0.2, 0) is 16.6 Å². The molecule has 102 valence electrons. The Morgan fingerprint density at radius 1 is 1.47 bits per heavy atom. The zero-order chi connectivity index (χ0) is 13.3. The fourth-order valence-electron chi connectivity index (χ4n) is 1.65. The van der Waals surface area contributed by atoms with Gasteiger partial charge in [0.1, 0.15) is 0 Å². The molecule has 19 heavy (non-hydrogen) atoms. The molecule has 1 fully saturated rings. The standard InChI is InChI=1S/C11H14N4O2S2/c16-19(17,15-9-4-13-14-5-9)11-3-10(18-7-11)6-12-8-1-2-8/h3-5,7-8,12,15H,1-2,6H2,(H,13,14). The van der Waals surface area contributed by atoms with Gasteiger partial charge < -0.3 is 5.32 Å². The van der Waals surface area contributed by atoms with E-state index in [9.17, 15) is 8.42 Å². The fraction of sp³-hybridized carbons (Fsp3) is 0.364. The summed E-state index contributed by atoms with van der Waals surface area (Å²) in [6.45, 7) is 0.733. The molecule has 0 spiro atoms. The van der Waals surface area contributed by atoms with Crippen molar-refractivity contribution in [2.75, 3.05) is 4.72 Å². The molecule has 0 aromatic carbocycles. The van der Waals surface area contributed by atoms with E-state index in [4.69, 9.17) is 0 Å². The molecule has 3 rings (SSSR count). The van der Waals surface area contributed by atoms with Crippen molar-refractivity contribution >= 4 is 27.0 Å². The number of aromatic nitrogens is 2. The Morgan fingerprint density at radius 2 is 2.32 bits per heavy atom. The summed E-state index contributed by atoms with van der Waals surface area (Å²) >= 11 is 1.45. The van der Waals surface area contributed by atoms with Gasteiger partial charge in [0.25, 0.3) is 10.0 Å². The van der Waals surface area contributed by atoms with Crippen LogP contribution >= 0.6 is 11.3 Å². The summed E-state index contributed by atoms with van der Waals surface area (Å²) in [5, 5.41) is 11.3. The van der Waals surface area contributed by atoms with E-state index in [0.29, 0.717) is 16.6 Å². The van der Waals surface area contributed by atoms with Crippen LogP contribution < -0.4 is 10.0 Å². The van der Waals surface area contributed by atoms with E-state index in [2.05, 4.69) is 20.2 Å². The third kappa shape index (κ3) is 3.14. The minimum atomic E-state index is -3.51. The number of H-pyrrole nitrogens is 1. The van der Waals surface area contributed by atoms with Crippen molar-refractivity contribution in [3.63, 3.8) is 0 Å². The molecule has 6 nitrogen and oxygen atoms in total. The summed E-state index contributed by atoms with van der Waals surface area (Å²) in [6, 6.07) is 2.33. The first-order valence-electron chi connectivity index (χ1n) is 5.96. The quantitative estimate of drug-likeness (QED) is 0.754. The van der Waals surface area contributed by atoms with Crippen LogP contribution in [0.1, 0.15) is 17.7 Å². The molecule has 1 aliphatic rings. The molecule has 0 amide bonds. The Balaban J connectivity index is 1.69. The van der Waals surface area contributed by atoms with Crippen LogP contribution in [0.25, 0.3) is 0 Å². The van der Waals surface area contributed by atoms with Gasteiger partial charge in [0.15, 0.2) is 0 Å². The first-order valence-corrected chi connectivity index (χ1v) is 8.32. The second kappa shape index (κ2) is 4.95. The Hall–Kier alpha value is -1.38. The van der Waals surface area contributed by atoms with E-state index in [1.807, 2.05) is 0 Å². The van der Waals surface area contributed by atoms with E-state index in [1.165, 1.54) is 36.6 Å². The molecule has 0 unspecified atom stereocenters. The third-order valence-corrected chi connectivity index (χ3v) is 5.28. The van der Waals surface area contributed by atoms with Gasteiger partial charge in [-0.25, -0.2) is 8.42 Å². The molecule has 0 radical (unpaired) electrons.